The van der Waals surface area contributed by atoms with Crippen molar-refractivity contribution in [1.82, 2.24) is 4.90 Å². The van der Waals surface area contributed by atoms with Crippen LogP contribution in [-0.4, -0.2) is 18.0 Å². The fourth-order valence-electron chi connectivity index (χ4n) is 2.49. The van der Waals surface area contributed by atoms with Crippen LogP contribution in [0, 0.1) is 5.92 Å². The van der Waals surface area contributed by atoms with Gasteiger partial charge in [0.2, 0.25) is 0 Å². The summed E-state index contributed by atoms with van der Waals surface area (Å²) in [5.74, 6) is 0.924. The van der Waals surface area contributed by atoms with Crippen LogP contribution in [0.25, 0.3) is 0 Å². The molecule has 0 saturated carbocycles. The Morgan fingerprint density at radius 3 is 2.65 bits per heavy atom. The molecule has 0 radical (unpaired) electrons. The number of nitrogens with zero attached hydrogens (tertiary/aromatic N) is 1. The van der Waals surface area contributed by atoms with Crippen molar-refractivity contribution in [3.8, 4) is 0 Å². The fourth-order valence-corrected chi connectivity index (χ4v) is 2.73. The molecule has 0 atom stereocenters. The zero-order valence-corrected chi connectivity index (χ0v) is 11.2. The lowest BCUT2D eigenvalue weighted by molar-refractivity contribution is 0.175. The SMILES string of the molecule is CCC1CCN(Cc2ccc(N)cc2Cl)CC1. The number of rotatable bonds is 3. The lowest BCUT2D eigenvalue weighted by Gasteiger charge is -2.31. The minimum absolute atomic E-state index is 0.739. The summed E-state index contributed by atoms with van der Waals surface area (Å²) in [6.07, 6.45) is 3.96. The zero-order chi connectivity index (χ0) is 12.3. The first-order valence-corrected chi connectivity index (χ1v) is 6.83. The molecule has 1 aliphatic rings. The quantitative estimate of drug-likeness (QED) is 0.834. The highest BCUT2D eigenvalue weighted by atomic mass is 35.5. The minimum Gasteiger partial charge on any atom is -0.399 e. The van der Waals surface area contributed by atoms with Crippen molar-refractivity contribution in [2.75, 3.05) is 18.8 Å². The Hall–Kier alpha value is -0.730. The van der Waals surface area contributed by atoms with Crippen molar-refractivity contribution >= 4 is 17.3 Å². The normalized spacial score (nSPS) is 18.5. The van der Waals surface area contributed by atoms with Crippen LogP contribution in [0.1, 0.15) is 31.7 Å². The average molecular weight is 253 g/mol. The maximum Gasteiger partial charge on any atom is 0.0471 e. The molecule has 17 heavy (non-hydrogen) atoms. The summed E-state index contributed by atoms with van der Waals surface area (Å²) < 4.78 is 0. The predicted molar refractivity (Wildman–Crippen MR) is 74.2 cm³/mol. The van der Waals surface area contributed by atoms with E-state index >= 15 is 0 Å². The number of hydrogen-bond donors (Lipinski definition) is 1. The van der Waals surface area contributed by atoms with Crippen molar-refractivity contribution < 1.29 is 0 Å². The first-order chi connectivity index (χ1) is 8.19. The van der Waals surface area contributed by atoms with Gasteiger partial charge >= 0.3 is 0 Å². The Bertz CT molecular complexity index is 370. The standard InChI is InChI=1S/C14H21ClN2/c1-2-11-5-7-17(8-6-11)10-12-3-4-13(16)9-14(12)15/h3-4,9,11H,2,5-8,10,16H2,1H3. The molecule has 0 aliphatic carbocycles. The van der Waals surface area contributed by atoms with Crippen LogP contribution in [0.3, 0.4) is 0 Å². The van der Waals surface area contributed by atoms with Gasteiger partial charge in [-0.1, -0.05) is 31.0 Å². The molecule has 3 heteroatoms. The number of piperidine rings is 1. The van der Waals surface area contributed by atoms with Gasteiger partial charge in [0.05, 0.1) is 0 Å². The summed E-state index contributed by atoms with van der Waals surface area (Å²) >= 11 is 6.20. The van der Waals surface area contributed by atoms with E-state index in [0.29, 0.717) is 0 Å². The molecule has 0 spiro atoms. The molecule has 1 aliphatic heterocycles. The lowest BCUT2D eigenvalue weighted by atomic mass is 9.94. The van der Waals surface area contributed by atoms with Crippen LogP contribution in [0.2, 0.25) is 5.02 Å². The van der Waals surface area contributed by atoms with Crippen molar-refractivity contribution in [3.63, 3.8) is 0 Å². The van der Waals surface area contributed by atoms with Crippen molar-refractivity contribution in [2.24, 2.45) is 5.92 Å². The van der Waals surface area contributed by atoms with E-state index in [1.165, 1.54) is 37.9 Å². The molecule has 0 aromatic heterocycles. The molecule has 1 aromatic carbocycles. The predicted octanol–water partition coefficient (Wildman–Crippen LogP) is 3.54. The van der Waals surface area contributed by atoms with Gasteiger partial charge in [0, 0.05) is 17.3 Å². The Morgan fingerprint density at radius 1 is 1.35 bits per heavy atom. The molecule has 1 fully saturated rings. The third kappa shape index (κ3) is 3.36. The van der Waals surface area contributed by atoms with E-state index < -0.39 is 0 Å². The van der Waals surface area contributed by atoms with Gasteiger partial charge in [-0.3, -0.25) is 4.90 Å². The van der Waals surface area contributed by atoms with Crippen LogP contribution in [-0.2, 0) is 6.54 Å². The molecule has 0 unspecified atom stereocenters. The van der Waals surface area contributed by atoms with E-state index in [4.69, 9.17) is 17.3 Å². The van der Waals surface area contributed by atoms with Crippen molar-refractivity contribution in [2.45, 2.75) is 32.7 Å². The number of anilines is 1. The monoisotopic (exact) mass is 252 g/mol. The van der Waals surface area contributed by atoms with E-state index in [2.05, 4.69) is 11.8 Å². The second-order valence-electron chi connectivity index (χ2n) is 4.98. The van der Waals surface area contributed by atoms with Gasteiger partial charge in [0.15, 0.2) is 0 Å². The van der Waals surface area contributed by atoms with E-state index in [9.17, 15) is 0 Å². The van der Waals surface area contributed by atoms with Crippen LogP contribution in [0.15, 0.2) is 18.2 Å². The molecule has 1 heterocycles. The summed E-state index contributed by atoms with van der Waals surface area (Å²) in [4.78, 5) is 2.49. The molecular weight excluding hydrogens is 232 g/mol. The number of nitrogens with two attached hydrogens (primary N) is 1. The summed E-state index contributed by atoms with van der Waals surface area (Å²) in [6.45, 7) is 5.63. The highest BCUT2D eigenvalue weighted by molar-refractivity contribution is 6.31. The molecular formula is C14H21ClN2. The smallest absolute Gasteiger partial charge is 0.0471 e. The van der Waals surface area contributed by atoms with Crippen LogP contribution in [0.4, 0.5) is 5.69 Å². The van der Waals surface area contributed by atoms with Crippen LogP contribution in [0.5, 0.6) is 0 Å². The first kappa shape index (κ1) is 12.7. The fraction of sp³-hybridized carbons (Fsp3) is 0.571. The highest BCUT2D eigenvalue weighted by Gasteiger charge is 2.18. The van der Waals surface area contributed by atoms with Crippen molar-refractivity contribution in [3.05, 3.63) is 28.8 Å². The Morgan fingerprint density at radius 2 is 2.06 bits per heavy atom. The molecule has 2 N–H and O–H groups in total. The molecule has 2 rings (SSSR count). The number of hydrogen-bond acceptors (Lipinski definition) is 2. The topological polar surface area (TPSA) is 29.3 Å². The number of benzene rings is 1. The second kappa shape index (κ2) is 5.74. The third-order valence-corrected chi connectivity index (χ3v) is 4.11. The number of likely N-dealkylation sites (tertiary alicyclic amines) is 1. The molecule has 94 valence electrons. The van der Waals surface area contributed by atoms with E-state index in [1.54, 1.807) is 0 Å². The Kier molecular flexibility index (Phi) is 4.30. The van der Waals surface area contributed by atoms with E-state index in [0.717, 1.165) is 23.2 Å². The maximum atomic E-state index is 6.20. The third-order valence-electron chi connectivity index (χ3n) is 3.76. The highest BCUT2D eigenvalue weighted by Crippen LogP contribution is 2.24. The second-order valence-corrected chi connectivity index (χ2v) is 5.39. The summed E-state index contributed by atoms with van der Waals surface area (Å²) in [5, 5.41) is 0.794. The van der Waals surface area contributed by atoms with Gasteiger partial charge < -0.3 is 5.73 Å². The summed E-state index contributed by atoms with van der Waals surface area (Å²) in [5.41, 5.74) is 7.63. The van der Waals surface area contributed by atoms with E-state index in [-0.39, 0.29) is 0 Å². The lowest BCUT2D eigenvalue weighted by Crippen LogP contribution is -2.33. The molecule has 1 aromatic rings. The number of halogens is 1. The Balaban J connectivity index is 1.93. The van der Waals surface area contributed by atoms with Gasteiger partial charge in [-0.2, -0.15) is 0 Å². The molecule has 0 amide bonds. The molecule has 1 saturated heterocycles. The largest absolute Gasteiger partial charge is 0.399 e. The van der Waals surface area contributed by atoms with Gasteiger partial charge in [-0.25, -0.2) is 0 Å². The van der Waals surface area contributed by atoms with Crippen LogP contribution >= 0.6 is 11.6 Å². The molecule has 0 bridgehead atoms. The van der Waals surface area contributed by atoms with Gasteiger partial charge in [0.25, 0.3) is 0 Å². The summed E-state index contributed by atoms with van der Waals surface area (Å²) in [6, 6.07) is 5.82. The minimum atomic E-state index is 0.739. The van der Waals surface area contributed by atoms with Gasteiger partial charge in [-0.15, -0.1) is 0 Å². The summed E-state index contributed by atoms with van der Waals surface area (Å²) in [7, 11) is 0. The van der Waals surface area contributed by atoms with Crippen LogP contribution < -0.4 is 5.73 Å². The maximum absolute atomic E-state index is 6.20. The zero-order valence-electron chi connectivity index (χ0n) is 10.5. The van der Waals surface area contributed by atoms with Gasteiger partial charge in [0.1, 0.15) is 0 Å². The van der Waals surface area contributed by atoms with Gasteiger partial charge in [-0.05, 0) is 49.5 Å². The number of nitrogen functional groups attached to an aromatic ring is 1. The first-order valence-electron chi connectivity index (χ1n) is 6.45. The van der Waals surface area contributed by atoms with E-state index in [1.807, 2.05) is 18.2 Å². The Labute approximate surface area is 109 Å². The molecule has 2 nitrogen and oxygen atoms in total. The average Bonchev–Trinajstić information content (AvgIpc) is 2.34. The van der Waals surface area contributed by atoms with Crippen molar-refractivity contribution in [1.29, 1.82) is 0 Å².